The van der Waals surface area contributed by atoms with E-state index in [1.54, 1.807) is 43.3 Å². The zero-order valence-corrected chi connectivity index (χ0v) is 19.1. The van der Waals surface area contributed by atoms with Crippen molar-refractivity contribution in [3.05, 3.63) is 101 Å². The molecule has 1 amide bonds. The van der Waals surface area contributed by atoms with E-state index in [0.717, 1.165) is 5.56 Å². The molecule has 0 bridgehead atoms. The Kier molecular flexibility index (Phi) is 7.19. The van der Waals surface area contributed by atoms with Gasteiger partial charge in [-0.2, -0.15) is 0 Å². The summed E-state index contributed by atoms with van der Waals surface area (Å²) < 4.78 is 10.5. The van der Waals surface area contributed by atoms with Crippen LogP contribution >= 0.6 is 11.3 Å². The molecule has 2 aromatic heterocycles. The van der Waals surface area contributed by atoms with Gasteiger partial charge in [0.25, 0.3) is 5.91 Å². The highest BCUT2D eigenvalue weighted by Crippen LogP contribution is 2.36. The number of thiophene rings is 1. The molecule has 2 heterocycles. The normalized spacial score (nSPS) is 11.4. The van der Waals surface area contributed by atoms with Gasteiger partial charge < -0.3 is 19.8 Å². The molecule has 0 spiro atoms. The van der Waals surface area contributed by atoms with E-state index >= 15 is 0 Å². The standard InChI is InChI=1S/C26H22N2O5S/c1-2-32-26(31)21-19(17-10-5-3-6-11-17)16-34-25(21)28-23(22(29)18-12-7-4-8-13-18)27-24(30)20-14-9-15-33-20/h3-16,23,28H,2H2,1H3,(H,27,30)/t23-/m0/s1. The van der Waals surface area contributed by atoms with E-state index < -0.39 is 18.0 Å². The van der Waals surface area contributed by atoms with Gasteiger partial charge in [-0.15, -0.1) is 11.3 Å². The van der Waals surface area contributed by atoms with E-state index in [-0.39, 0.29) is 18.2 Å². The number of ether oxygens (including phenoxy) is 1. The van der Waals surface area contributed by atoms with Crippen molar-refractivity contribution in [3.8, 4) is 11.1 Å². The number of anilines is 1. The lowest BCUT2D eigenvalue weighted by molar-refractivity contribution is 0.0528. The largest absolute Gasteiger partial charge is 0.462 e. The van der Waals surface area contributed by atoms with Crippen molar-refractivity contribution in [2.75, 3.05) is 11.9 Å². The van der Waals surface area contributed by atoms with E-state index in [4.69, 9.17) is 9.15 Å². The van der Waals surface area contributed by atoms with E-state index in [0.29, 0.717) is 21.7 Å². The van der Waals surface area contributed by atoms with Gasteiger partial charge in [-0.05, 0) is 24.6 Å². The molecule has 0 fully saturated rings. The predicted octanol–water partition coefficient (Wildman–Crippen LogP) is 5.24. The van der Waals surface area contributed by atoms with Gasteiger partial charge in [0.15, 0.2) is 11.9 Å². The fourth-order valence-corrected chi connectivity index (χ4v) is 4.36. The second kappa shape index (κ2) is 10.6. The van der Waals surface area contributed by atoms with Crippen LogP contribution in [0.15, 0.2) is 88.9 Å². The van der Waals surface area contributed by atoms with Crippen molar-refractivity contribution in [2.45, 2.75) is 13.1 Å². The fourth-order valence-electron chi connectivity index (χ4n) is 3.38. The number of hydrogen-bond donors (Lipinski definition) is 2. The summed E-state index contributed by atoms with van der Waals surface area (Å²) in [4.78, 5) is 38.9. The lowest BCUT2D eigenvalue weighted by Crippen LogP contribution is -2.46. The molecule has 0 aliphatic carbocycles. The molecule has 8 heteroatoms. The Morgan fingerprint density at radius 2 is 1.68 bits per heavy atom. The van der Waals surface area contributed by atoms with Gasteiger partial charge in [0.2, 0.25) is 5.78 Å². The maximum absolute atomic E-state index is 13.3. The first-order valence-corrected chi connectivity index (χ1v) is 11.5. The third-order valence-electron chi connectivity index (χ3n) is 4.97. The first-order valence-electron chi connectivity index (χ1n) is 10.6. The van der Waals surface area contributed by atoms with Crippen molar-refractivity contribution in [1.82, 2.24) is 5.32 Å². The average Bonchev–Trinajstić information content (AvgIpc) is 3.55. The highest BCUT2D eigenvalue weighted by Gasteiger charge is 2.28. The highest BCUT2D eigenvalue weighted by atomic mass is 32.1. The number of hydrogen-bond acceptors (Lipinski definition) is 7. The average molecular weight is 475 g/mol. The predicted molar refractivity (Wildman–Crippen MR) is 130 cm³/mol. The maximum atomic E-state index is 13.3. The van der Waals surface area contributed by atoms with E-state index in [1.807, 2.05) is 35.7 Å². The molecule has 7 nitrogen and oxygen atoms in total. The van der Waals surface area contributed by atoms with Crippen LogP contribution in [0, 0.1) is 0 Å². The molecule has 2 N–H and O–H groups in total. The molecule has 0 aliphatic rings. The number of carbonyl (C=O) groups excluding carboxylic acids is 3. The Morgan fingerprint density at radius 3 is 2.32 bits per heavy atom. The first-order chi connectivity index (χ1) is 16.6. The van der Waals surface area contributed by atoms with E-state index in [2.05, 4.69) is 10.6 Å². The molecule has 172 valence electrons. The summed E-state index contributed by atoms with van der Waals surface area (Å²) in [7, 11) is 0. The minimum Gasteiger partial charge on any atom is -0.462 e. The van der Waals surface area contributed by atoms with Crippen molar-refractivity contribution in [2.24, 2.45) is 0 Å². The summed E-state index contributed by atoms with van der Waals surface area (Å²) in [6.45, 7) is 1.93. The third-order valence-corrected chi connectivity index (χ3v) is 5.88. The van der Waals surface area contributed by atoms with Crippen molar-refractivity contribution < 1.29 is 23.5 Å². The second-order valence-corrected chi connectivity index (χ2v) is 8.08. The summed E-state index contributed by atoms with van der Waals surface area (Å²) in [6, 6.07) is 21.1. The van der Waals surface area contributed by atoms with Gasteiger partial charge in [0.1, 0.15) is 10.6 Å². The Balaban J connectivity index is 1.71. The van der Waals surface area contributed by atoms with Gasteiger partial charge in [-0.25, -0.2) is 4.79 Å². The molecule has 0 unspecified atom stereocenters. The van der Waals surface area contributed by atoms with Crippen LogP contribution in [0.1, 0.15) is 38.2 Å². The highest BCUT2D eigenvalue weighted by molar-refractivity contribution is 7.15. The molecule has 34 heavy (non-hydrogen) atoms. The van der Waals surface area contributed by atoms with Crippen molar-refractivity contribution >= 4 is 34.0 Å². The summed E-state index contributed by atoms with van der Waals surface area (Å²) in [5.41, 5.74) is 2.21. The number of Topliss-reactive ketones (excluding diaryl/α,β-unsaturated/α-hetero) is 1. The number of esters is 1. The molecule has 0 radical (unpaired) electrons. The van der Waals surface area contributed by atoms with Crippen LogP contribution in [-0.2, 0) is 4.74 Å². The molecule has 0 saturated carbocycles. The number of amides is 1. The molecule has 4 rings (SSSR count). The topological polar surface area (TPSA) is 97.6 Å². The number of furan rings is 1. The van der Waals surface area contributed by atoms with Gasteiger partial charge >= 0.3 is 5.97 Å². The molecule has 2 aromatic carbocycles. The summed E-state index contributed by atoms with van der Waals surface area (Å²) in [5.74, 6) is -1.39. The number of ketones is 1. The van der Waals surface area contributed by atoms with Gasteiger partial charge in [-0.1, -0.05) is 60.7 Å². The number of rotatable bonds is 9. The molecule has 4 aromatic rings. The zero-order valence-electron chi connectivity index (χ0n) is 18.3. The number of carbonyl (C=O) groups is 3. The summed E-state index contributed by atoms with van der Waals surface area (Å²) in [6.07, 6.45) is 0.219. The minimum absolute atomic E-state index is 0.0643. The van der Waals surface area contributed by atoms with Gasteiger partial charge in [0.05, 0.1) is 12.9 Å². The van der Waals surface area contributed by atoms with Crippen LogP contribution in [0.3, 0.4) is 0 Å². The number of benzene rings is 2. The minimum atomic E-state index is -1.16. The van der Waals surface area contributed by atoms with Crippen LogP contribution in [0.2, 0.25) is 0 Å². The molecule has 1 atom stereocenters. The molecular weight excluding hydrogens is 452 g/mol. The van der Waals surface area contributed by atoms with Crippen molar-refractivity contribution in [3.63, 3.8) is 0 Å². The van der Waals surface area contributed by atoms with Crippen molar-refractivity contribution in [1.29, 1.82) is 0 Å². The number of nitrogens with one attached hydrogen (secondary N) is 2. The second-order valence-electron chi connectivity index (χ2n) is 7.20. The van der Waals surface area contributed by atoms with Crippen LogP contribution in [-0.4, -0.2) is 30.4 Å². The quantitative estimate of drug-likeness (QED) is 0.196. The lowest BCUT2D eigenvalue weighted by atomic mass is 10.0. The Hall–Kier alpha value is -4.17. The summed E-state index contributed by atoms with van der Waals surface area (Å²) in [5, 5.41) is 7.97. The first kappa shape index (κ1) is 23.0. The Bertz CT molecular complexity index is 1270. The lowest BCUT2D eigenvalue weighted by Gasteiger charge is -2.20. The van der Waals surface area contributed by atoms with E-state index in [9.17, 15) is 14.4 Å². The van der Waals surface area contributed by atoms with Crippen LogP contribution in [0.4, 0.5) is 5.00 Å². The molecule has 0 saturated heterocycles. The van der Waals surface area contributed by atoms with Gasteiger partial charge in [-0.3, -0.25) is 9.59 Å². The summed E-state index contributed by atoms with van der Waals surface area (Å²) >= 11 is 1.25. The Morgan fingerprint density at radius 1 is 0.971 bits per heavy atom. The monoisotopic (exact) mass is 474 g/mol. The van der Waals surface area contributed by atoms with Crippen LogP contribution < -0.4 is 10.6 Å². The maximum Gasteiger partial charge on any atom is 0.341 e. The van der Waals surface area contributed by atoms with Crippen LogP contribution in [0.5, 0.6) is 0 Å². The smallest absolute Gasteiger partial charge is 0.341 e. The Labute approximate surface area is 200 Å². The molecular formula is C26H22N2O5S. The zero-order chi connectivity index (χ0) is 23.9. The van der Waals surface area contributed by atoms with Gasteiger partial charge in [0, 0.05) is 16.5 Å². The third kappa shape index (κ3) is 5.07. The molecule has 0 aliphatic heterocycles. The fraction of sp³-hybridized carbons (Fsp3) is 0.115. The SMILES string of the molecule is CCOC(=O)c1c(-c2ccccc2)csc1N[C@H](NC(=O)c1ccco1)C(=O)c1ccccc1. The van der Waals surface area contributed by atoms with E-state index in [1.165, 1.54) is 23.7 Å². The van der Waals surface area contributed by atoms with Crippen LogP contribution in [0.25, 0.3) is 11.1 Å².